The molecule has 0 saturated heterocycles. The van der Waals surface area contributed by atoms with Crippen molar-refractivity contribution in [3.63, 3.8) is 0 Å². The smallest absolute Gasteiger partial charge is 0.337 e. The molecule has 0 amide bonds. The van der Waals surface area contributed by atoms with E-state index in [0.29, 0.717) is 5.56 Å². The van der Waals surface area contributed by atoms with Crippen LogP contribution in [0.1, 0.15) is 21.5 Å². The third kappa shape index (κ3) is 1.60. The van der Waals surface area contributed by atoms with E-state index < -0.39 is 5.97 Å². The molecule has 0 aliphatic carbocycles. The number of hydrogen-bond donors (Lipinski definition) is 1. The topological polar surface area (TPSA) is 37.3 Å². The number of aromatic carboxylic acids is 1. The Morgan fingerprint density at radius 3 is 2.42 bits per heavy atom. The Bertz CT molecular complexity index is 332. The maximum Gasteiger partial charge on any atom is 0.337 e. The van der Waals surface area contributed by atoms with Crippen LogP contribution < -0.4 is 0 Å². The number of aryl methyl sites for hydroxylation is 1. The van der Waals surface area contributed by atoms with Gasteiger partial charge < -0.3 is 5.11 Å². The largest absolute Gasteiger partial charge is 0.478 e. The van der Waals surface area contributed by atoms with Gasteiger partial charge in [0.15, 0.2) is 0 Å². The van der Waals surface area contributed by atoms with Crippen LogP contribution >= 0.6 is 22.6 Å². The highest BCUT2D eigenvalue weighted by atomic mass is 127. The molecule has 3 heteroatoms. The second-order valence-corrected chi connectivity index (χ2v) is 3.83. The van der Waals surface area contributed by atoms with Gasteiger partial charge in [-0.3, -0.25) is 0 Å². The Hall–Kier alpha value is -0.580. The van der Waals surface area contributed by atoms with Gasteiger partial charge in [0.2, 0.25) is 0 Å². The van der Waals surface area contributed by atoms with E-state index in [9.17, 15) is 4.79 Å². The highest BCUT2D eigenvalue weighted by Gasteiger charge is 2.12. The molecule has 64 valence electrons. The van der Waals surface area contributed by atoms with E-state index in [1.807, 2.05) is 48.6 Å². The fourth-order valence-electron chi connectivity index (χ4n) is 1.05. The van der Waals surface area contributed by atoms with Crippen molar-refractivity contribution in [2.24, 2.45) is 0 Å². The number of halogens is 1. The number of carboxylic acids is 1. The highest BCUT2D eigenvalue weighted by molar-refractivity contribution is 14.1. The summed E-state index contributed by atoms with van der Waals surface area (Å²) in [4.78, 5) is 10.8. The quantitative estimate of drug-likeness (QED) is 0.800. The SMILES string of the molecule is Cc1ccc(I)c(C(=O)O)c1C. The minimum absolute atomic E-state index is 0.426. The van der Waals surface area contributed by atoms with E-state index in [1.54, 1.807) is 0 Å². The molecule has 12 heavy (non-hydrogen) atoms. The summed E-state index contributed by atoms with van der Waals surface area (Å²) in [5.74, 6) is -0.847. The standard InChI is InChI=1S/C9H9IO2/c1-5-3-4-7(10)8(6(5)2)9(11)12/h3-4H,1-2H3,(H,11,12). The van der Waals surface area contributed by atoms with Crippen LogP contribution in [0.15, 0.2) is 12.1 Å². The van der Waals surface area contributed by atoms with Crippen LogP contribution in [0.3, 0.4) is 0 Å². The molecule has 0 bridgehead atoms. The molecule has 0 aromatic heterocycles. The zero-order chi connectivity index (χ0) is 9.30. The minimum atomic E-state index is -0.847. The third-order valence-electron chi connectivity index (χ3n) is 1.90. The number of carbonyl (C=O) groups is 1. The van der Waals surface area contributed by atoms with Crippen LogP contribution in [0.5, 0.6) is 0 Å². The molecule has 1 aromatic carbocycles. The molecule has 0 atom stereocenters. The van der Waals surface area contributed by atoms with E-state index in [1.165, 1.54) is 0 Å². The number of rotatable bonds is 1. The van der Waals surface area contributed by atoms with Crippen molar-refractivity contribution < 1.29 is 9.90 Å². The molecule has 1 aromatic rings. The predicted octanol–water partition coefficient (Wildman–Crippen LogP) is 2.61. The summed E-state index contributed by atoms with van der Waals surface area (Å²) in [6.07, 6.45) is 0. The third-order valence-corrected chi connectivity index (χ3v) is 2.80. The second kappa shape index (κ2) is 3.43. The van der Waals surface area contributed by atoms with Crippen LogP contribution in [0, 0.1) is 17.4 Å². The van der Waals surface area contributed by atoms with Crippen molar-refractivity contribution in [2.75, 3.05) is 0 Å². The van der Waals surface area contributed by atoms with Crippen molar-refractivity contribution >= 4 is 28.6 Å². The Morgan fingerprint density at radius 1 is 1.42 bits per heavy atom. The lowest BCUT2D eigenvalue weighted by Gasteiger charge is -2.05. The van der Waals surface area contributed by atoms with E-state index in [2.05, 4.69) is 0 Å². The predicted molar refractivity (Wildman–Crippen MR) is 55.6 cm³/mol. The molecule has 0 fully saturated rings. The van der Waals surface area contributed by atoms with Crippen molar-refractivity contribution in [2.45, 2.75) is 13.8 Å². The first kappa shape index (κ1) is 9.51. The van der Waals surface area contributed by atoms with Gasteiger partial charge in [0.25, 0.3) is 0 Å². The lowest BCUT2D eigenvalue weighted by molar-refractivity contribution is 0.0695. The molecule has 0 radical (unpaired) electrons. The van der Waals surface area contributed by atoms with E-state index in [-0.39, 0.29) is 0 Å². The van der Waals surface area contributed by atoms with E-state index >= 15 is 0 Å². The second-order valence-electron chi connectivity index (χ2n) is 2.67. The zero-order valence-corrected chi connectivity index (χ0v) is 9.05. The summed E-state index contributed by atoms with van der Waals surface area (Å²) >= 11 is 2.04. The molecule has 2 nitrogen and oxygen atoms in total. The van der Waals surface area contributed by atoms with Gasteiger partial charge in [0, 0.05) is 3.57 Å². The van der Waals surface area contributed by atoms with Crippen LogP contribution in [-0.4, -0.2) is 11.1 Å². The first-order valence-electron chi connectivity index (χ1n) is 3.53. The maximum absolute atomic E-state index is 10.8. The molecular formula is C9H9IO2. The van der Waals surface area contributed by atoms with Crippen LogP contribution in [-0.2, 0) is 0 Å². The average Bonchev–Trinajstić information content (AvgIpc) is 1.97. The molecule has 0 unspecified atom stereocenters. The van der Waals surface area contributed by atoms with Gasteiger partial charge in [-0.05, 0) is 53.6 Å². The van der Waals surface area contributed by atoms with Crippen LogP contribution in [0.2, 0.25) is 0 Å². The van der Waals surface area contributed by atoms with Crippen molar-refractivity contribution in [1.82, 2.24) is 0 Å². The molecule has 1 rings (SSSR count). The highest BCUT2D eigenvalue weighted by Crippen LogP contribution is 2.19. The van der Waals surface area contributed by atoms with E-state index in [0.717, 1.165) is 14.7 Å². The van der Waals surface area contributed by atoms with Crippen molar-refractivity contribution in [3.05, 3.63) is 32.4 Å². The molecular weight excluding hydrogens is 267 g/mol. The summed E-state index contributed by atoms with van der Waals surface area (Å²) in [5.41, 5.74) is 2.30. The normalized spacial score (nSPS) is 9.92. The van der Waals surface area contributed by atoms with Gasteiger partial charge >= 0.3 is 5.97 Å². The Morgan fingerprint density at radius 2 is 2.00 bits per heavy atom. The fourth-order valence-corrected chi connectivity index (χ4v) is 1.86. The van der Waals surface area contributed by atoms with Gasteiger partial charge in [0.05, 0.1) is 5.56 Å². The Labute approximate surface area is 84.7 Å². The molecule has 0 heterocycles. The average molecular weight is 276 g/mol. The number of benzene rings is 1. The van der Waals surface area contributed by atoms with E-state index in [4.69, 9.17) is 5.11 Å². The van der Waals surface area contributed by atoms with Gasteiger partial charge in [-0.25, -0.2) is 4.79 Å². The van der Waals surface area contributed by atoms with Gasteiger partial charge in [-0.1, -0.05) is 6.07 Å². The fraction of sp³-hybridized carbons (Fsp3) is 0.222. The summed E-state index contributed by atoms with van der Waals surface area (Å²) in [7, 11) is 0. The Kier molecular flexibility index (Phi) is 2.72. The summed E-state index contributed by atoms with van der Waals surface area (Å²) < 4.78 is 0.795. The summed E-state index contributed by atoms with van der Waals surface area (Å²) in [5, 5.41) is 8.87. The minimum Gasteiger partial charge on any atom is -0.478 e. The van der Waals surface area contributed by atoms with Crippen LogP contribution in [0.25, 0.3) is 0 Å². The lowest BCUT2D eigenvalue weighted by Crippen LogP contribution is -2.04. The number of hydrogen-bond acceptors (Lipinski definition) is 1. The van der Waals surface area contributed by atoms with Crippen molar-refractivity contribution in [1.29, 1.82) is 0 Å². The van der Waals surface area contributed by atoms with Gasteiger partial charge in [-0.15, -0.1) is 0 Å². The monoisotopic (exact) mass is 276 g/mol. The van der Waals surface area contributed by atoms with Crippen LogP contribution in [0.4, 0.5) is 0 Å². The van der Waals surface area contributed by atoms with Crippen molar-refractivity contribution in [3.8, 4) is 0 Å². The first-order valence-corrected chi connectivity index (χ1v) is 4.61. The summed E-state index contributed by atoms with van der Waals surface area (Å²) in [6, 6.07) is 3.76. The summed E-state index contributed by atoms with van der Waals surface area (Å²) in [6.45, 7) is 3.75. The lowest BCUT2D eigenvalue weighted by atomic mass is 10.0. The Balaban J connectivity index is 3.43. The molecule has 0 saturated carbocycles. The first-order chi connectivity index (χ1) is 5.54. The number of carboxylic acid groups (broad SMARTS) is 1. The van der Waals surface area contributed by atoms with Gasteiger partial charge in [-0.2, -0.15) is 0 Å². The molecule has 1 N–H and O–H groups in total. The molecule has 0 aliphatic rings. The van der Waals surface area contributed by atoms with Gasteiger partial charge in [0.1, 0.15) is 0 Å². The maximum atomic E-state index is 10.8. The molecule has 0 spiro atoms. The molecule has 0 aliphatic heterocycles. The zero-order valence-electron chi connectivity index (χ0n) is 6.89.